The van der Waals surface area contributed by atoms with E-state index in [1.165, 1.54) is 11.1 Å². The lowest BCUT2D eigenvalue weighted by Crippen LogP contribution is -2.26. The number of rotatable bonds is 8. The molecular weight excluding hydrogens is 404 g/mol. The molecule has 4 rings (SSSR count). The zero-order valence-corrected chi connectivity index (χ0v) is 18.2. The van der Waals surface area contributed by atoms with Gasteiger partial charge < -0.3 is 5.32 Å². The zero-order valence-electron chi connectivity index (χ0n) is 17.4. The summed E-state index contributed by atoms with van der Waals surface area (Å²) in [6.07, 6.45) is 0.342. The molecule has 1 N–H and O–H groups in total. The number of hydrogen-bond donors (Lipinski definition) is 1. The molecule has 31 heavy (non-hydrogen) atoms. The van der Waals surface area contributed by atoms with Crippen LogP contribution in [0.2, 0.25) is 0 Å². The number of thioether (sulfide) groups is 1. The average Bonchev–Trinajstić information content (AvgIpc) is 3.21. The van der Waals surface area contributed by atoms with Gasteiger partial charge in [-0.1, -0.05) is 90.1 Å². The van der Waals surface area contributed by atoms with E-state index in [0.29, 0.717) is 18.8 Å². The van der Waals surface area contributed by atoms with Crippen LogP contribution in [0.4, 0.5) is 0 Å². The molecule has 6 heteroatoms. The average molecular weight is 429 g/mol. The van der Waals surface area contributed by atoms with Crippen LogP contribution < -0.4 is 5.32 Å². The molecular formula is C25H24N4OS. The van der Waals surface area contributed by atoms with Crippen LogP contribution in [-0.2, 0) is 23.5 Å². The fraction of sp³-hybridized carbons (Fsp3) is 0.160. The Morgan fingerprint density at radius 2 is 1.52 bits per heavy atom. The van der Waals surface area contributed by atoms with Crippen molar-refractivity contribution in [2.75, 3.05) is 0 Å². The molecule has 0 unspecified atom stereocenters. The van der Waals surface area contributed by atoms with Gasteiger partial charge in [0.2, 0.25) is 5.91 Å². The highest BCUT2D eigenvalue weighted by Crippen LogP contribution is 2.25. The van der Waals surface area contributed by atoms with Crippen molar-refractivity contribution >= 4 is 17.7 Å². The number of aryl methyl sites for hydroxylation is 1. The van der Waals surface area contributed by atoms with Crippen molar-refractivity contribution in [1.82, 2.24) is 20.1 Å². The lowest BCUT2D eigenvalue weighted by molar-refractivity contribution is -0.120. The molecule has 0 saturated heterocycles. The normalized spacial score (nSPS) is 10.7. The molecule has 156 valence electrons. The summed E-state index contributed by atoms with van der Waals surface area (Å²) < 4.78 is 2.02. The number of nitrogens with zero attached hydrogens (tertiary/aromatic N) is 3. The van der Waals surface area contributed by atoms with Crippen molar-refractivity contribution in [3.8, 4) is 5.69 Å². The van der Waals surface area contributed by atoms with Crippen LogP contribution in [0.15, 0.2) is 90.1 Å². The standard InChI is InChI=1S/C25H24N4OS/c1-19-12-14-22(15-13-19)29-23(17-26-24(30)16-20-8-4-2-5-9-20)27-28-25(29)31-18-21-10-6-3-7-11-21/h2-15H,16-18H2,1H3,(H,26,30). The van der Waals surface area contributed by atoms with E-state index in [4.69, 9.17) is 0 Å². The highest BCUT2D eigenvalue weighted by Gasteiger charge is 2.15. The van der Waals surface area contributed by atoms with Crippen molar-refractivity contribution in [1.29, 1.82) is 0 Å². The third-order valence-corrected chi connectivity index (χ3v) is 5.85. The van der Waals surface area contributed by atoms with E-state index in [1.807, 2.05) is 53.1 Å². The Bertz CT molecular complexity index is 1130. The van der Waals surface area contributed by atoms with Crippen LogP contribution in [0.3, 0.4) is 0 Å². The van der Waals surface area contributed by atoms with Crippen molar-refractivity contribution in [2.45, 2.75) is 30.8 Å². The summed E-state index contributed by atoms with van der Waals surface area (Å²) >= 11 is 1.63. The molecule has 1 amide bonds. The lowest BCUT2D eigenvalue weighted by atomic mass is 10.1. The van der Waals surface area contributed by atoms with Gasteiger partial charge in [0.05, 0.1) is 13.0 Å². The SMILES string of the molecule is Cc1ccc(-n2c(CNC(=O)Cc3ccccc3)nnc2SCc2ccccc2)cc1. The molecule has 0 spiro atoms. The Morgan fingerprint density at radius 1 is 0.871 bits per heavy atom. The molecule has 3 aromatic carbocycles. The van der Waals surface area contributed by atoms with Gasteiger partial charge in [-0.05, 0) is 30.2 Å². The molecule has 0 saturated carbocycles. The van der Waals surface area contributed by atoms with Crippen molar-refractivity contribution in [3.63, 3.8) is 0 Å². The topological polar surface area (TPSA) is 59.8 Å². The van der Waals surface area contributed by atoms with Crippen LogP contribution in [0.5, 0.6) is 0 Å². The van der Waals surface area contributed by atoms with Gasteiger partial charge in [-0.2, -0.15) is 0 Å². The highest BCUT2D eigenvalue weighted by atomic mass is 32.2. The fourth-order valence-electron chi connectivity index (χ4n) is 3.20. The number of aromatic nitrogens is 3. The second kappa shape index (κ2) is 10.1. The highest BCUT2D eigenvalue weighted by molar-refractivity contribution is 7.98. The van der Waals surface area contributed by atoms with Gasteiger partial charge in [0.1, 0.15) is 0 Å². The van der Waals surface area contributed by atoms with Crippen LogP contribution in [0.25, 0.3) is 5.69 Å². The predicted molar refractivity (Wildman–Crippen MR) is 124 cm³/mol. The minimum Gasteiger partial charge on any atom is -0.348 e. The maximum absolute atomic E-state index is 12.4. The van der Waals surface area contributed by atoms with E-state index in [-0.39, 0.29) is 5.91 Å². The summed E-state index contributed by atoms with van der Waals surface area (Å²) in [5.41, 5.74) is 4.38. The maximum Gasteiger partial charge on any atom is 0.224 e. The molecule has 5 nitrogen and oxygen atoms in total. The zero-order chi connectivity index (χ0) is 21.5. The Kier molecular flexibility index (Phi) is 6.79. The molecule has 1 aromatic heterocycles. The molecule has 0 bridgehead atoms. The first-order valence-corrected chi connectivity index (χ1v) is 11.2. The monoisotopic (exact) mass is 428 g/mol. The van der Waals surface area contributed by atoms with E-state index in [1.54, 1.807) is 11.8 Å². The number of benzene rings is 3. The summed E-state index contributed by atoms with van der Waals surface area (Å²) in [7, 11) is 0. The minimum atomic E-state index is -0.0388. The van der Waals surface area contributed by atoms with Crippen LogP contribution in [0.1, 0.15) is 22.5 Å². The summed E-state index contributed by atoms with van der Waals surface area (Å²) in [5.74, 6) is 1.47. The quantitative estimate of drug-likeness (QED) is 0.412. The Balaban J connectivity index is 1.51. The second-order valence-electron chi connectivity index (χ2n) is 7.28. The van der Waals surface area contributed by atoms with Crippen LogP contribution in [-0.4, -0.2) is 20.7 Å². The fourth-order valence-corrected chi connectivity index (χ4v) is 4.13. The Morgan fingerprint density at radius 3 is 2.19 bits per heavy atom. The van der Waals surface area contributed by atoms with E-state index in [2.05, 4.69) is 58.8 Å². The van der Waals surface area contributed by atoms with Gasteiger partial charge in [0.25, 0.3) is 0 Å². The molecule has 4 aromatic rings. The third kappa shape index (κ3) is 5.61. The van der Waals surface area contributed by atoms with Crippen LogP contribution >= 0.6 is 11.8 Å². The van der Waals surface area contributed by atoms with Gasteiger partial charge >= 0.3 is 0 Å². The van der Waals surface area contributed by atoms with Gasteiger partial charge in [-0.25, -0.2) is 0 Å². The second-order valence-corrected chi connectivity index (χ2v) is 8.23. The molecule has 0 aliphatic carbocycles. The first-order valence-electron chi connectivity index (χ1n) is 10.2. The largest absolute Gasteiger partial charge is 0.348 e. The number of nitrogens with one attached hydrogen (secondary N) is 1. The third-order valence-electron chi connectivity index (χ3n) is 4.85. The number of carbonyl (C=O) groups excluding carboxylic acids is 1. The smallest absolute Gasteiger partial charge is 0.224 e. The van der Waals surface area contributed by atoms with E-state index >= 15 is 0 Å². The van der Waals surface area contributed by atoms with Crippen LogP contribution in [0, 0.1) is 6.92 Å². The molecule has 0 aliphatic rings. The molecule has 0 radical (unpaired) electrons. The van der Waals surface area contributed by atoms with Crippen molar-refractivity contribution in [3.05, 3.63) is 107 Å². The molecule has 1 heterocycles. The summed E-state index contributed by atoms with van der Waals surface area (Å²) in [4.78, 5) is 12.4. The molecule has 0 fully saturated rings. The summed E-state index contributed by atoms with van der Waals surface area (Å²) in [6, 6.07) is 28.3. The Labute approximate surface area is 186 Å². The summed E-state index contributed by atoms with van der Waals surface area (Å²) in [5, 5.41) is 12.6. The van der Waals surface area contributed by atoms with Crippen molar-refractivity contribution < 1.29 is 4.79 Å². The van der Waals surface area contributed by atoms with Gasteiger partial charge in [-0.15, -0.1) is 10.2 Å². The van der Waals surface area contributed by atoms with Gasteiger partial charge in [0.15, 0.2) is 11.0 Å². The molecule has 0 atom stereocenters. The van der Waals surface area contributed by atoms with E-state index in [0.717, 1.165) is 22.2 Å². The predicted octanol–water partition coefficient (Wildman–Crippen LogP) is 4.73. The number of amides is 1. The van der Waals surface area contributed by atoms with E-state index in [9.17, 15) is 4.79 Å². The van der Waals surface area contributed by atoms with Gasteiger partial charge in [0, 0.05) is 11.4 Å². The lowest BCUT2D eigenvalue weighted by Gasteiger charge is -2.11. The van der Waals surface area contributed by atoms with Gasteiger partial charge in [-0.3, -0.25) is 9.36 Å². The number of hydrogen-bond acceptors (Lipinski definition) is 4. The van der Waals surface area contributed by atoms with Crippen molar-refractivity contribution in [2.24, 2.45) is 0 Å². The first-order chi connectivity index (χ1) is 15.2. The van der Waals surface area contributed by atoms with E-state index < -0.39 is 0 Å². The molecule has 0 aliphatic heterocycles. The maximum atomic E-state index is 12.4. The minimum absolute atomic E-state index is 0.0388. The number of carbonyl (C=O) groups is 1. The summed E-state index contributed by atoms with van der Waals surface area (Å²) in [6.45, 7) is 2.38. The first kappa shape index (κ1) is 20.9. The Hall–Kier alpha value is -3.38.